The summed E-state index contributed by atoms with van der Waals surface area (Å²) in [5.41, 5.74) is -0.388. The number of benzene rings is 1. The van der Waals surface area contributed by atoms with E-state index >= 15 is 0 Å². The fourth-order valence-corrected chi connectivity index (χ4v) is 2.22. The van der Waals surface area contributed by atoms with Crippen molar-refractivity contribution in [3.05, 3.63) is 35.1 Å². The topological polar surface area (TPSA) is 15.3 Å². The summed E-state index contributed by atoms with van der Waals surface area (Å²) in [6.07, 6.45) is 0. The number of piperazine rings is 1. The van der Waals surface area contributed by atoms with Crippen LogP contribution in [-0.2, 0) is 0 Å². The van der Waals surface area contributed by atoms with Crippen LogP contribution in [0.1, 0.15) is 11.6 Å². The molecule has 8 heteroatoms. The molecule has 1 aliphatic rings. The number of hydrogen-bond acceptors (Lipinski definition) is 2. The summed E-state index contributed by atoms with van der Waals surface area (Å²) in [6, 6.07) is 0.180. The minimum absolute atomic E-state index is 0. The molecule has 1 aliphatic heterocycles. The Morgan fingerprint density at radius 2 is 1.55 bits per heavy atom. The fourth-order valence-electron chi connectivity index (χ4n) is 2.22. The van der Waals surface area contributed by atoms with E-state index in [9.17, 15) is 17.6 Å². The molecular formula is C12H16Cl2F4N2. The first kappa shape index (κ1) is 19.4. The summed E-state index contributed by atoms with van der Waals surface area (Å²) >= 11 is 0. The van der Waals surface area contributed by atoms with E-state index in [4.69, 9.17) is 0 Å². The molecule has 1 N–H and O–H groups in total. The van der Waals surface area contributed by atoms with Gasteiger partial charge in [0.1, 0.15) is 24.1 Å². The highest BCUT2D eigenvalue weighted by Crippen LogP contribution is 2.27. The smallest absolute Gasteiger partial charge is 0.133 e. The number of rotatable bonds is 3. The number of hydrogen-bond donors (Lipinski definition) is 1. The third kappa shape index (κ3) is 4.22. The zero-order chi connectivity index (χ0) is 13.1. The first-order chi connectivity index (χ1) is 8.63. The highest BCUT2D eigenvalue weighted by molar-refractivity contribution is 5.85. The Morgan fingerprint density at radius 3 is 2.00 bits per heavy atom. The zero-order valence-corrected chi connectivity index (χ0v) is 12.2. The standard InChI is InChI=1S/C12H14F4N2.2ClH/c13-7-11(18-3-1-17-2-4-18)12-9(15)5-8(14)6-10(12)16;;/h5-6,11,17H,1-4,7H2;2*1H/t11-;;/m0../s1. The minimum Gasteiger partial charge on any atom is -0.314 e. The quantitative estimate of drug-likeness (QED) is 0.855. The minimum atomic E-state index is -1.03. The molecule has 0 unspecified atom stereocenters. The molecule has 1 fully saturated rings. The van der Waals surface area contributed by atoms with E-state index in [1.165, 1.54) is 0 Å². The monoisotopic (exact) mass is 334 g/mol. The molecule has 0 spiro atoms. The molecule has 0 saturated carbocycles. The Morgan fingerprint density at radius 1 is 1.05 bits per heavy atom. The summed E-state index contributed by atoms with van der Waals surface area (Å²) < 4.78 is 53.1. The van der Waals surface area contributed by atoms with Gasteiger partial charge in [0.15, 0.2) is 0 Å². The van der Waals surface area contributed by atoms with Crippen LogP contribution >= 0.6 is 24.8 Å². The second-order valence-corrected chi connectivity index (χ2v) is 4.24. The van der Waals surface area contributed by atoms with E-state index in [0.29, 0.717) is 38.3 Å². The molecule has 2 rings (SSSR count). The molecule has 1 aromatic carbocycles. The average molecular weight is 335 g/mol. The van der Waals surface area contributed by atoms with Gasteiger partial charge in [0, 0.05) is 43.9 Å². The number of nitrogens with one attached hydrogen (secondary N) is 1. The van der Waals surface area contributed by atoms with Gasteiger partial charge < -0.3 is 5.32 Å². The molecule has 1 aromatic rings. The van der Waals surface area contributed by atoms with Gasteiger partial charge in [-0.3, -0.25) is 4.90 Å². The Bertz CT molecular complexity index is 405. The van der Waals surface area contributed by atoms with Crippen molar-refractivity contribution in [3.63, 3.8) is 0 Å². The van der Waals surface area contributed by atoms with Gasteiger partial charge in [-0.25, -0.2) is 17.6 Å². The van der Waals surface area contributed by atoms with Crippen molar-refractivity contribution >= 4 is 24.8 Å². The molecule has 1 heterocycles. The van der Waals surface area contributed by atoms with Gasteiger partial charge >= 0.3 is 0 Å². The van der Waals surface area contributed by atoms with Crippen LogP contribution in [0.25, 0.3) is 0 Å². The summed E-state index contributed by atoms with van der Waals surface area (Å²) in [5.74, 6) is -3.06. The summed E-state index contributed by atoms with van der Waals surface area (Å²) in [6.45, 7) is 1.39. The van der Waals surface area contributed by atoms with Gasteiger partial charge in [-0.05, 0) is 0 Å². The van der Waals surface area contributed by atoms with Crippen molar-refractivity contribution in [1.82, 2.24) is 10.2 Å². The van der Waals surface area contributed by atoms with Crippen LogP contribution in [0.2, 0.25) is 0 Å². The fraction of sp³-hybridized carbons (Fsp3) is 0.500. The lowest BCUT2D eigenvalue weighted by molar-refractivity contribution is 0.141. The van der Waals surface area contributed by atoms with Crippen LogP contribution in [0.5, 0.6) is 0 Å². The van der Waals surface area contributed by atoms with Gasteiger partial charge in [0.05, 0.1) is 6.04 Å². The molecule has 0 aromatic heterocycles. The van der Waals surface area contributed by atoms with Crippen LogP contribution in [0.3, 0.4) is 0 Å². The number of nitrogens with zero attached hydrogens (tertiary/aromatic N) is 1. The van der Waals surface area contributed by atoms with Crippen LogP contribution in [-0.4, -0.2) is 37.8 Å². The van der Waals surface area contributed by atoms with Crippen LogP contribution in [0.4, 0.5) is 17.6 Å². The Kier molecular flexibility index (Phi) is 8.42. The highest BCUT2D eigenvalue weighted by Gasteiger charge is 2.28. The van der Waals surface area contributed by atoms with E-state index in [1.807, 2.05) is 0 Å². The second-order valence-electron chi connectivity index (χ2n) is 4.24. The third-order valence-electron chi connectivity index (χ3n) is 3.12. The molecule has 2 nitrogen and oxygen atoms in total. The molecule has 1 saturated heterocycles. The van der Waals surface area contributed by atoms with Crippen molar-refractivity contribution in [2.45, 2.75) is 6.04 Å². The van der Waals surface area contributed by atoms with Crippen LogP contribution < -0.4 is 5.32 Å². The van der Waals surface area contributed by atoms with Crippen molar-refractivity contribution in [2.24, 2.45) is 0 Å². The predicted octanol–water partition coefficient (Wildman–Crippen LogP) is 2.86. The molecule has 20 heavy (non-hydrogen) atoms. The molecule has 0 radical (unpaired) electrons. The Hall–Kier alpha value is -0.560. The average Bonchev–Trinajstić information content (AvgIpc) is 2.34. The molecule has 0 amide bonds. The maximum absolute atomic E-state index is 13.6. The van der Waals surface area contributed by atoms with Gasteiger partial charge in [-0.15, -0.1) is 24.8 Å². The maximum Gasteiger partial charge on any atom is 0.133 e. The lowest BCUT2D eigenvalue weighted by Gasteiger charge is -2.33. The van der Waals surface area contributed by atoms with E-state index in [1.54, 1.807) is 4.90 Å². The zero-order valence-electron chi connectivity index (χ0n) is 10.5. The first-order valence-electron chi connectivity index (χ1n) is 5.78. The van der Waals surface area contributed by atoms with Gasteiger partial charge in [0.25, 0.3) is 0 Å². The third-order valence-corrected chi connectivity index (χ3v) is 3.12. The molecule has 116 valence electrons. The lowest BCUT2D eigenvalue weighted by Crippen LogP contribution is -2.46. The van der Waals surface area contributed by atoms with E-state index in [0.717, 1.165) is 0 Å². The van der Waals surface area contributed by atoms with E-state index in [2.05, 4.69) is 5.32 Å². The molecular weight excluding hydrogens is 319 g/mol. The summed E-state index contributed by atoms with van der Waals surface area (Å²) in [7, 11) is 0. The molecule has 0 aliphatic carbocycles. The normalized spacial score (nSPS) is 17.0. The largest absolute Gasteiger partial charge is 0.314 e. The highest BCUT2D eigenvalue weighted by atomic mass is 35.5. The predicted molar refractivity (Wildman–Crippen MR) is 74.0 cm³/mol. The Balaban J connectivity index is 0.00000180. The van der Waals surface area contributed by atoms with Gasteiger partial charge in [0.2, 0.25) is 0 Å². The van der Waals surface area contributed by atoms with Crippen molar-refractivity contribution in [3.8, 4) is 0 Å². The van der Waals surface area contributed by atoms with Crippen molar-refractivity contribution < 1.29 is 17.6 Å². The Labute approximate surface area is 127 Å². The lowest BCUT2D eigenvalue weighted by atomic mass is 10.0. The first-order valence-corrected chi connectivity index (χ1v) is 5.78. The second kappa shape index (κ2) is 8.67. The summed E-state index contributed by atoms with van der Waals surface area (Å²) in [4.78, 5) is 1.66. The summed E-state index contributed by atoms with van der Waals surface area (Å²) in [5, 5.41) is 3.07. The SMILES string of the molecule is Cl.Cl.FC[C@@H](c1c(F)cc(F)cc1F)N1CCNCC1. The van der Waals surface area contributed by atoms with Crippen molar-refractivity contribution in [2.75, 3.05) is 32.9 Å². The number of halogens is 6. The van der Waals surface area contributed by atoms with Crippen LogP contribution in [0, 0.1) is 17.5 Å². The number of alkyl halides is 1. The van der Waals surface area contributed by atoms with Gasteiger partial charge in [-0.1, -0.05) is 0 Å². The van der Waals surface area contributed by atoms with E-state index < -0.39 is 30.2 Å². The van der Waals surface area contributed by atoms with Crippen molar-refractivity contribution in [1.29, 1.82) is 0 Å². The van der Waals surface area contributed by atoms with Gasteiger partial charge in [-0.2, -0.15) is 0 Å². The van der Waals surface area contributed by atoms with Crippen LogP contribution in [0.15, 0.2) is 12.1 Å². The molecule has 1 atom stereocenters. The maximum atomic E-state index is 13.6. The van der Waals surface area contributed by atoms with E-state index in [-0.39, 0.29) is 30.4 Å². The molecule has 0 bridgehead atoms.